The number of halogens is 2. The van der Waals surface area contributed by atoms with Crippen molar-refractivity contribution in [2.75, 3.05) is 0 Å². The fourth-order valence-electron chi connectivity index (χ4n) is 3.21. The van der Waals surface area contributed by atoms with Gasteiger partial charge in [-0.3, -0.25) is 4.79 Å². The number of hydrogen-bond donors (Lipinski definition) is 2. The number of nitrogens with one attached hydrogen (secondary N) is 1. The van der Waals surface area contributed by atoms with Crippen LogP contribution < -0.4 is 10.1 Å². The number of rotatable bonds is 6. The van der Waals surface area contributed by atoms with Gasteiger partial charge in [0.1, 0.15) is 11.5 Å². The van der Waals surface area contributed by atoms with Crippen molar-refractivity contribution in [3.63, 3.8) is 0 Å². The molecule has 0 atom stereocenters. The quantitative estimate of drug-likeness (QED) is 0.678. The van der Waals surface area contributed by atoms with Gasteiger partial charge in [-0.1, -0.05) is 35.3 Å². The van der Waals surface area contributed by atoms with E-state index in [2.05, 4.69) is 5.32 Å². The molecule has 0 radical (unpaired) electrons. The van der Waals surface area contributed by atoms with E-state index in [9.17, 15) is 4.79 Å². The van der Waals surface area contributed by atoms with Crippen molar-refractivity contribution >= 4 is 29.2 Å². The number of carboxylic acid groups (broad SMARTS) is 1. The number of ether oxygens (including phenoxy) is 1. The second kappa shape index (κ2) is 8.76. The van der Waals surface area contributed by atoms with Crippen LogP contribution in [0.15, 0.2) is 42.5 Å². The molecule has 0 aromatic heterocycles. The van der Waals surface area contributed by atoms with Crippen LogP contribution in [0.1, 0.15) is 31.2 Å². The molecule has 26 heavy (non-hydrogen) atoms. The third kappa shape index (κ3) is 5.37. The molecule has 3 rings (SSSR count). The van der Waals surface area contributed by atoms with Gasteiger partial charge in [0, 0.05) is 22.6 Å². The summed E-state index contributed by atoms with van der Waals surface area (Å²) in [6.07, 6.45) is 3.32. The lowest BCUT2D eigenvalue weighted by atomic mass is 9.86. The van der Waals surface area contributed by atoms with E-state index in [0.29, 0.717) is 27.6 Å². The maximum absolute atomic E-state index is 11.0. The van der Waals surface area contributed by atoms with Crippen molar-refractivity contribution in [2.45, 2.75) is 38.3 Å². The Bertz CT molecular complexity index is 736. The van der Waals surface area contributed by atoms with Crippen molar-refractivity contribution in [3.05, 3.63) is 58.1 Å². The highest BCUT2D eigenvalue weighted by Crippen LogP contribution is 2.29. The minimum absolute atomic E-state index is 0.176. The summed E-state index contributed by atoms with van der Waals surface area (Å²) in [5.74, 6) is 0.474. The maximum Gasteiger partial charge on any atom is 0.306 e. The molecule has 1 saturated carbocycles. The Morgan fingerprint density at radius 3 is 2.19 bits per heavy atom. The standard InChI is InChI=1S/C20H21Cl2NO3/c21-15-9-16(22)11-19(10-15)26-18-7-1-13(2-8-18)12-23-17-5-3-14(4-6-17)20(24)25/h1-2,7-11,14,17,23H,3-6,12H2,(H,24,25). The highest BCUT2D eigenvalue weighted by molar-refractivity contribution is 6.34. The Hall–Kier alpha value is -1.75. The summed E-state index contributed by atoms with van der Waals surface area (Å²) in [4.78, 5) is 11.0. The number of carbonyl (C=O) groups is 1. The molecule has 138 valence electrons. The van der Waals surface area contributed by atoms with Crippen LogP contribution in [0.25, 0.3) is 0 Å². The SMILES string of the molecule is O=C(O)C1CCC(NCc2ccc(Oc3cc(Cl)cc(Cl)c3)cc2)CC1. The lowest BCUT2D eigenvalue weighted by Crippen LogP contribution is -2.34. The molecule has 0 amide bonds. The van der Waals surface area contributed by atoms with Gasteiger partial charge in [0.05, 0.1) is 5.92 Å². The second-order valence-corrected chi connectivity index (χ2v) is 7.49. The van der Waals surface area contributed by atoms with Crippen molar-refractivity contribution < 1.29 is 14.6 Å². The molecule has 2 N–H and O–H groups in total. The van der Waals surface area contributed by atoms with Gasteiger partial charge in [-0.05, 0) is 61.6 Å². The Kier molecular flexibility index (Phi) is 6.41. The first-order chi connectivity index (χ1) is 12.5. The minimum Gasteiger partial charge on any atom is -0.481 e. The average molecular weight is 394 g/mol. The van der Waals surface area contributed by atoms with Crippen LogP contribution in [0.3, 0.4) is 0 Å². The summed E-state index contributed by atoms with van der Waals surface area (Å²) in [5.41, 5.74) is 1.15. The number of aliphatic carboxylic acids is 1. The van der Waals surface area contributed by atoms with Crippen LogP contribution in [0.5, 0.6) is 11.5 Å². The summed E-state index contributed by atoms with van der Waals surface area (Å²) in [5, 5.41) is 13.6. The smallest absolute Gasteiger partial charge is 0.306 e. The first-order valence-corrected chi connectivity index (χ1v) is 9.44. The van der Waals surface area contributed by atoms with Crippen LogP contribution in [0, 0.1) is 5.92 Å². The molecule has 0 heterocycles. The molecular weight excluding hydrogens is 373 g/mol. The zero-order valence-electron chi connectivity index (χ0n) is 14.3. The van der Waals surface area contributed by atoms with Gasteiger partial charge >= 0.3 is 5.97 Å². The van der Waals surface area contributed by atoms with E-state index < -0.39 is 5.97 Å². The maximum atomic E-state index is 11.0. The van der Waals surface area contributed by atoms with Crippen molar-refractivity contribution in [1.82, 2.24) is 5.32 Å². The number of hydrogen-bond acceptors (Lipinski definition) is 3. The monoisotopic (exact) mass is 393 g/mol. The lowest BCUT2D eigenvalue weighted by Gasteiger charge is -2.27. The van der Waals surface area contributed by atoms with Gasteiger partial charge in [0.15, 0.2) is 0 Å². The van der Waals surface area contributed by atoms with E-state index in [1.807, 2.05) is 24.3 Å². The Balaban J connectivity index is 1.49. The van der Waals surface area contributed by atoms with Gasteiger partial charge in [-0.15, -0.1) is 0 Å². The minimum atomic E-state index is -0.667. The van der Waals surface area contributed by atoms with E-state index in [1.54, 1.807) is 18.2 Å². The number of benzene rings is 2. The lowest BCUT2D eigenvalue weighted by molar-refractivity contribution is -0.142. The highest BCUT2D eigenvalue weighted by Gasteiger charge is 2.25. The summed E-state index contributed by atoms with van der Waals surface area (Å²) in [6.45, 7) is 0.756. The van der Waals surface area contributed by atoms with E-state index >= 15 is 0 Å². The molecule has 0 saturated heterocycles. The van der Waals surface area contributed by atoms with E-state index in [0.717, 1.165) is 37.8 Å². The van der Waals surface area contributed by atoms with E-state index in [-0.39, 0.29) is 5.92 Å². The predicted octanol–water partition coefficient (Wildman–Crippen LogP) is 5.52. The predicted molar refractivity (Wildman–Crippen MR) is 103 cm³/mol. The van der Waals surface area contributed by atoms with Crippen molar-refractivity contribution in [2.24, 2.45) is 5.92 Å². The fourth-order valence-corrected chi connectivity index (χ4v) is 3.71. The molecule has 0 spiro atoms. The summed E-state index contributed by atoms with van der Waals surface area (Å²) in [6, 6.07) is 13.3. The molecule has 6 heteroatoms. The van der Waals surface area contributed by atoms with Gasteiger partial charge in [0.2, 0.25) is 0 Å². The van der Waals surface area contributed by atoms with Crippen molar-refractivity contribution in [3.8, 4) is 11.5 Å². The molecule has 1 aliphatic carbocycles. The molecule has 2 aromatic rings. The Labute approximate surface area is 163 Å². The topological polar surface area (TPSA) is 58.6 Å². The highest BCUT2D eigenvalue weighted by atomic mass is 35.5. The zero-order valence-corrected chi connectivity index (χ0v) is 15.8. The molecule has 4 nitrogen and oxygen atoms in total. The van der Waals surface area contributed by atoms with Gasteiger partial charge in [-0.25, -0.2) is 0 Å². The van der Waals surface area contributed by atoms with Crippen LogP contribution >= 0.6 is 23.2 Å². The second-order valence-electron chi connectivity index (χ2n) is 6.62. The molecular formula is C20H21Cl2NO3. The average Bonchev–Trinajstić information content (AvgIpc) is 2.60. The molecule has 2 aromatic carbocycles. The first kappa shape index (κ1) is 19.0. The van der Waals surface area contributed by atoms with Crippen LogP contribution in [-0.4, -0.2) is 17.1 Å². The van der Waals surface area contributed by atoms with Gasteiger partial charge in [-0.2, -0.15) is 0 Å². The first-order valence-electron chi connectivity index (χ1n) is 8.68. The van der Waals surface area contributed by atoms with Crippen LogP contribution in [0.2, 0.25) is 10.0 Å². The molecule has 0 bridgehead atoms. The fraction of sp³-hybridized carbons (Fsp3) is 0.350. The largest absolute Gasteiger partial charge is 0.481 e. The summed E-state index contributed by atoms with van der Waals surface area (Å²) >= 11 is 12.0. The zero-order chi connectivity index (χ0) is 18.5. The van der Waals surface area contributed by atoms with Crippen LogP contribution in [-0.2, 0) is 11.3 Å². The van der Waals surface area contributed by atoms with Crippen molar-refractivity contribution in [1.29, 1.82) is 0 Å². The molecule has 1 aliphatic rings. The molecule has 1 fully saturated rings. The number of carboxylic acids is 1. The van der Waals surface area contributed by atoms with Gasteiger partial charge in [0.25, 0.3) is 0 Å². The normalized spacial score (nSPS) is 19.9. The Morgan fingerprint density at radius 1 is 1.00 bits per heavy atom. The van der Waals surface area contributed by atoms with Crippen LogP contribution in [0.4, 0.5) is 0 Å². The Morgan fingerprint density at radius 2 is 1.62 bits per heavy atom. The third-order valence-corrected chi connectivity index (χ3v) is 5.10. The summed E-state index contributed by atoms with van der Waals surface area (Å²) < 4.78 is 5.78. The van der Waals surface area contributed by atoms with E-state index in [4.69, 9.17) is 33.0 Å². The van der Waals surface area contributed by atoms with Gasteiger partial charge < -0.3 is 15.2 Å². The summed E-state index contributed by atoms with van der Waals surface area (Å²) in [7, 11) is 0. The third-order valence-electron chi connectivity index (χ3n) is 4.67. The van der Waals surface area contributed by atoms with E-state index in [1.165, 1.54) is 0 Å². The molecule has 0 aliphatic heterocycles. The molecule has 0 unspecified atom stereocenters.